The third kappa shape index (κ3) is 3.32. The van der Waals surface area contributed by atoms with Gasteiger partial charge in [-0.15, -0.1) is 0 Å². The van der Waals surface area contributed by atoms with Gasteiger partial charge in [0.2, 0.25) is 0 Å². The number of rotatable bonds is 3. The number of nitrogens with one attached hydrogen (secondary N) is 1. The molecule has 2 nitrogen and oxygen atoms in total. The lowest BCUT2D eigenvalue weighted by Gasteiger charge is -2.48. The molecule has 2 fully saturated rings. The van der Waals surface area contributed by atoms with E-state index in [4.69, 9.17) is 0 Å². The molecule has 1 heterocycles. The van der Waals surface area contributed by atoms with E-state index in [1.807, 2.05) is 0 Å². The van der Waals surface area contributed by atoms with Gasteiger partial charge in [0.1, 0.15) is 0 Å². The molecule has 21 heavy (non-hydrogen) atoms. The summed E-state index contributed by atoms with van der Waals surface area (Å²) in [5, 5.41) is 3.76. The largest absolute Gasteiger partial charge is 0.311 e. The Labute approximate surface area is 129 Å². The third-order valence-electron chi connectivity index (χ3n) is 5.60. The number of hydrogen-bond donors (Lipinski definition) is 1. The molecule has 2 aliphatic rings. The van der Waals surface area contributed by atoms with Crippen LogP contribution in [0.3, 0.4) is 0 Å². The highest BCUT2D eigenvalue weighted by Crippen LogP contribution is 2.35. The van der Waals surface area contributed by atoms with Crippen LogP contribution in [-0.2, 0) is 0 Å². The minimum Gasteiger partial charge on any atom is -0.311 e. The molecule has 0 bridgehead atoms. The van der Waals surface area contributed by atoms with E-state index in [1.54, 1.807) is 0 Å². The van der Waals surface area contributed by atoms with E-state index in [9.17, 15) is 0 Å². The molecule has 0 spiro atoms. The fourth-order valence-corrected chi connectivity index (χ4v) is 4.26. The molecule has 0 amide bonds. The average molecular weight is 286 g/mol. The van der Waals surface area contributed by atoms with E-state index in [-0.39, 0.29) is 0 Å². The Kier molecular flexibility index (Phi) is 4.97. The normalized spacial score (nSPS) is 34.8. The van der Waals surface area contributed by atoms with Gasteiger partial charge in [-0.25, -0.2) is 0 Å². The maximum Gasteiger partial charge on any atom is 0.0476 e. The highest BCUT2D eigenvalue weighted by Gasteiger charge is 2.36. The smallest absolute Gasteiger partial charge is 0.0476 e. The second kappa shape index (κ2) is 6.93. The van der Waals surface area contributed by atoms with Crippen molar-refractivity contribution in [3.8, 4) is 0 Å². The van der Waals surface area contributed by atoms with Gasteiger partial charge in [0.15, 0.2) is 0 Å². The van der Waals surface area contributed by atoms with Gasteiger partial charge in [-0.1, -0.05) is 57.0 Å². The van der Waals surface area contributed by atoms with Crippen molar-refractivity contribution in [2.24, 2.45) is 5.92 Å². The molecule has 0 radical (unpaired) electrons. The van der Waals surface area contributed by atoms with Gasteiger partial charge in [-0.05, 0) is 30.7 Å². The highest BCUT2D eigenvalue weighted by molar-refractivity contribution is 5.21. The van der Waals surface area contributed by atoms with Crippen molar-refractivity contribution in [2.45, 2.75) is 64.1 Å². The summed E-state index contributed by atoms with van der Waals surface area (Å²) in [6.45, 7) is 7.09. The van der Waals surface area contributed by atoms with Crippen LogP contribution < -0.4 is 5.32 Å². The Balaban J connectivity index is 1.83. The molecule has 1 aromatic rings. The SMILES string of the molecule is CCC1CN(C2CCCCC2C)C(c2ccccc2)CN1. The van der Waals surface area contributed by atoms with Crippen LogP contribution in [0.25, 0.3) is 0 Å². The summed E-state index contributed by atoms with van der Waals surface area (Å²) in [5.41, 5.74) is 1.48. The lowest BCUT2D eigenvalue weighted by atomic mass is 9.82. The molecule has 1 saturated heterocycles. The van der Waals surface area contributed by atoms with Gasteiger partial charge in [0.05, 0.1) is 0 Å². The van der Waals surface area contributed by atoms with Crippen LogP contribution in [0.15, 0.2) is 30.3 Å². The number of hydrogen-bond acceptors (Lipinski definition) is 2. The van der Waals surface area contributed by atoms with E-state index >= 15 is 0 Å². The van der Waals surface area contributed by atoms with Gasteiger partial charge >= 0.3 is 0 Å². The first kappa shape index (κ1) is 15.1. The Bertz CT molecular complexity index is 430. The van der Waals surface area contributed by atoms with Crippen molar-refractivity contribution < 1.29 is 0 Å². The predicted octanol–water partition coefficient (Wildman–Crippen LogP) is 3.99. The van der Waals surface area contributed by atoms with Crippen molar-refractivity contribution in [1.29, 1.82) is 0 Å². The molecule has 3 rings (SSSR count). The molecule has 4 atom stereocenters. The first-order chi connectivity index (χ1) is 10.3. The van der Waals surface area contributed by atoms with Crippen LogP contribution >= 0.6 is 0 Å². The zero-order chi connectivity index (χ0) is 14.7. The molecule has 116 valence electrons. The first-order valence-electron chi connectivity index (χ1n) is 8.83. The summed E-state index contributed by atoms with van der Waals surface area (Å²) in [6.07, 6.45) is 6.88. The maximum absolute atomic E-state index is 3.76. The van der Waals surface area contributed by atoms with Crippen molar-refractivity contribution in [3.63, 3.8) is 0 Å². The molecule has 4 unspecified atom stereocenters. The second-order valence-electron chi connectivity index (χ2n) is 6.97. The second-order valence-corrected chi connectivity index (χ2v) is 6.97. The molecule has 2 heteroatoms. The summed E-state index contributed by atoms with van der Waals surface area (Å²) in [6, 6.07) is 13.1. The number of benzene rings is 1. The Morgan fingerprint density at radius 2 is 1.90 bits per heavy atom. The average Bonchev–Trinajstić information content (AvgIpc) is 2.55. The van der Waals surface area contributed by atoms with Crippen LogP contribution in [0.2, 0.25) is 0 Å². The summed E-state index contributed by atoms with van der Waals surface area (Å²) < 4.78 is 0. The third-order valence-corrected chi connectivity index (χ3v) is 5.60. The summed E-state index contributed by atoms with van der Waals surface area (Å²) in [7, 11) is 0. The molecule has 1 aliphatic heterocycles. The predicted molar refractivity (Wildman–Crippen MR) is 89.4 cm³/mol. The number of piperazine rings is 1. The van der Waals surface area contributed by atoms with Crippen LogP contribution in [0, 0.1) is 5.92 Å². The highest BCUT2D eigenvalue weighted by atomic mass is 15.3. The summed E-state index contributed by atoms with van der Waals surface area (Å²) >= 11 is 0. The Morgan fingerprint density at radius 3 is 2.62 bits per heavy atom. The quantitative estimate of drug-likeness (QED) is 0.904. The van der Waals surface area contributed by atoms with Crippen molar-refractivity contribution in [3.05, 3.63) is 35.9 Å². The Hall–Kier alpha value is -0.860. The number of nitrogens with zero attached hydrogens (tertiary/aromatic N) is 1. The summed E-state index contributed by atoms with van der Waals surface area (Å²) in [5.74, 6) is 0.848. The first-order valence-corrected chi connectivity index (χ1v) is 8.83. The van der Waals surface area contributed by atoms with E-state index < -0.39 is 0 Å². The lowest BCUT2D eigenvalue weighted by molar-refractivity contribution is 0.0337. The monoisotopic (exact) mass is 286 g/mol. The van der Waals surface area contributed by atoms with Gasteiger partial charge in [-0.3, -0.25) is 4.90 Å². The van der Waals surface area contributed by atoms with Gasteiger partial charge in [-0.2, -0.15) is 0 Å². The lowest BCUT2D eigenvalue weighted by Crippen LogP contribution is -2.57. The molecule has 1 N–H and O–H groups in total. The fourth-order valence-electron chi connectivity index (χ4n) is 4.26. The minimum absolute atomic E-state index is 0.555. The minimum atomic E-state index is 0.555. The zero-order valence-corrected chi connectivity index (χ0v) is 13.6. The topological polar surface area (TPSA) is 15.3 Å². The Morgan fingerprint density at radius 1 is 1.14 bits per heavy atom. The van der Waals surface area contributed by atoms with Crippen molar-refractivity contribution in [2.75, 3.05) is 13.1 Å². The van der Waals surface area contributed by atoms with Crippen LogP contribution in [0.5, 0.6) is 0 Å². The van der Waals surface area contributed by atoms with E-state index in [0.29, 0.717) is 12.1 Å². The van der Waals surface area contributed by atoms with Gasteiger partial charge < -0.3 is 5.32 Å². The molecule has 1 aliphatic carbocycles. The van der Waals surface area contributed by atoms with Crippen LogP contribution in [0.4, 0.5) is 0 Å². The van der Waals surface area contributed by atoms with E-state index in [1.165, 1.54) is 44.2 Å². The van der Waals surface area contributed by atoms with Gasteiger partial charge in [0, 0.05) is 31.2 Å². The molecular formula is C19H30N2. The standard InChI is InChI=1S/C19H30N2/c1-3-17-14-21(18-12-8-7-9-15(18)2)19(13-20-17)16-10-5-4-6-11-16/h4-6,10-11,15,17-20H,3,7-9,12-14H2,1-2H3. The summed E-state index contributed by atoms with van der Waals surface area (Å²) in [4.78, 5) is 2.84. The van der Waals surface area contributed by atoms with Crippen LogP contribution in [-0.4, -0.2) is 30.1 Å². The van der Waals surface area contributed by atoms with Crippen molar-refractivity contribution in [1.82, 2.24) is 10.2 Å². The van der Waals surface area contributed by atoms with Crippen LogP contribution in [0.1, 0.15) is 57.6 Å². The zero-order valence-electron chi connectivity index (χ0n) is 13.6. The molecule has 1 saturated carbocycles. The maximum atomic E-state index is 3.76. The molecule has 1 aromatic carbocycles. The molecule has 0 aromatic heterocycles. The van der Waals surface area contributed by atoms with Gasteiger partial charge in [0.25, 0.3) is 0 Å². The van der Waals surface area contributed by atoms with Crippen molar-refractivity contribution >= 4 is 0 Å². The molecular weight excluding hydrogens is 256 g/mol. The van der Waals surface area contributed by atoms with E-state index in [0.717, 1.165) is 18.5 Å². The van der Waals surface area contributed by atoms with E-state index in [2.05, 4.69) is 54.4 Å². The fraction of sp³-hybridized carbons (Fsp3) is 0.684.